The SMILES string of the molecule is Cc1ccc(C(=O)N2CCC(CC(=O)O)C2)cc1C. The number of likely N-dealkylation sites (tertiary alicyclic amines) is 1. The van der Waals surface area contributed by atoms with Crippen molar-refractivity contribution in [3.8, 4) is 0 Å². The third-order valence-electron chi connectivity index (χ3n) is 3.79. The van der Waals surface area contributed by atoms with Crippen molar-refractivity contribution in [2.75, 3.05) is 13.1 Å². The number of hydrogen-bond donors (Lipinski definition) is 1. The van der Waals surface area contributed by atoms with E-state index in [-0.39, 0.29) is 18.2 Å². The minimum absolute atomic E-state index is 0.0102. The van der Waals surface area contributed by atoms with Gasteiger partial charge in [0.25, 0.3) is 5.91 Å². The fourth-order valence-corrected chi connectivity index (χ4v) is 2.49. The molecule has 0 spiro atoms. The maximum Gasteiger partial charge on any atom is 0.303 e. The Labute approximate surface area is 113 Å². The quantitative estimate of drug-likeness (QED) is 0.907. The van der Waals surface area contributed by atoms with Crippen molar-refractivity contribution in [2.45, 2.75) is 26.7 Å². The van der Waals surface area contributed by atoms with Crippen molar-refractivity contribution in [3.05, 3.63) is 34.9 Å². The van der Waals surface area contributed by atoms with Crippen LogP contribution < -0.4 is 0 Å². The number of carbonyl (C=O) groups is 2. The van der Waals surface area contributed by atoms with Crippen LogP contribution in [0.2, 0.25) is 0 Å². The molecule has 1 amide bonds. The number of aryl methyl sites for hydroxylation is 2. The molecule has 4 heteroatoms. The Morgan fingerprint density at radius 2 is 2.05 bits per heavy atom. The Morgan fingerprint density at radius 1 is 1.32 bits per heavy atom. The summed E-state index contributed by atoms with van der Waals surface area (Å²) in [6, 6.07) is 5.70. The van der Waals surface area contributed by atoms with Gasteiger partial charge in [0.2, 0.25) is 0 Å². The highest BCUT2D eigenvalue weighted by molar-refractivity contribution is 5.94. The molecular weight excluding hydrogens is 242 g/mol. The smallest absolute Gasteiger partial charge is 0.303 e. The van der Waals surface area contributed by atoms with Crippen LogP contribution in [0.5, 0.6) is 0 Å². The summed E-state index contributed by atoms with van der Waals surface area (Å²) < 4.78 is 0. The Kier molecular flexibility index (Phi) is 3.88. The zero-order chi connectivity index (χ0) is 14.0. The molecule has 1 saturated heterocycles. The van der Waals surface area contributed by atoms with Gasteiger partial charge in [0.15, 0.2) is 0 Å². The van der Waals surface area contributed by atoms with Crippen molar-refractivity contribution in [1.29, 1.82) is 0 Å². The molecule has 1 unspecified atom stereocenters. The first kappa shape index (κ1) is 13.6. The molecule has 1 N–H and O–H groups in total. The van der Waals surface area contributed by atoms with Crippen molar-refractivity contribution < 1.29 is 14.7 Å². The second-order valence-corrected chi connectivity index (χ2v) is 5.30. The van der Waals surface area contributed by atoms with Gasteiger partial charge in [-0.2, -0.15) is 0 Å². The van der Waals surface area contributed by atoms with Crippen molar-refractivity contribution in [2.24, 2.45) is 5.92 Å². The first-order valence-corrected chi connectivity index (χ1v) is 6.55. The van der Waals surface area contributed by atoms with Gasteiger partial charge in [0, 0.05) is 25.1 Å². The average Bonchev–Trinajstić information content (AvgIpc) is 2.79. The number of amides is 1. The number of carbonyl (C=O) groups excluding carboxylic acids is 1. The van der Waals surface area contributed by atoms with Gasteiger partial charge >= 0.3 is 5.97 Å². The van der Waals surface area contributed by atoms with E-state index >= 15 is 0 Å². The first-order chi connectivity index (χ1) is 8.97. The molecule has 102 valence electrons. The second kappa shape index (κ2) is 5.43. The van der Waals surface area contributed by atoms with Crippen LogP contribution in [0.4, 0.5) is 0 Å². The summed E-state index contributed by atoms with van der Waals surface area (Å²) in [6.07, 6.45) is 0.930. The molecule has 0 bridgehead atoms. The topological polar surface area (TPSA) is 57.6 Å². The zero-order valence-electron chi connectivity index (χ0n) is 11.3. The minimum atomic E-state index is -0.787. The molecule has 0 saturated carbocycles. The van der Waals surface area contributed by atoms with E-state index in [2.05, 4.69) is 0 Å². The van der Waals surface area contributed by atoms with Crippen LogP contribution in [0.3, 0.4) is 0 Å². The van der Waals surface area contributed by atoms with Gasteiger partial charge in [-0.3, -0.25) is 9.59 Å². The van der Waals surface area contributed by atoms with E-state index < -0.39 is 5.97 Å². The highest BCUT2D eigenvalue weighted by Gasteiger charge is 2.28. The maximum atomic E-state index is 12.3. The summed E-state index contributed by atoms with van der Waals surface area (Å²) >= 11 is 0. The van der Waals surface area contributed by atoms with E-state index in [1.807, 2.05) is 32.0 Å². The fourth-order valence-electron chi connectivity index (χ4n) is 2.49. The van der Waals surface area contributed by atoms with Crippen molar-refractivity contribution in [1.82, 2.24) is 4.90 Å². The third-order valence-corrected chi connectivity index (χ3v) is 3.79. The van der Waals surface area contributed by atoms with Gasteiger partial charge in [-0.25, -0.2) is 0 Å². The number of aliphatic carboxylic acids is 1. The molecule has 2 rings (SSSR count). The minimum Gasteiger partial charge on any atom is -0.481 e. The molecule has 0 aliphatic carbocycles. The lowest BCUT2D eigenvalue weighted by Crippen LogP contribution is -2.29. The number of hydrogen-bond acceptors (Lipinski definition) is 2. The van der Waals surface area contributed by atoms with Crippen molar-refractivity contribution in [3.63, 3.8) is 0 Å². The molecule has 4 nitrogen and oxygen atoms in total. The van der Waals surface area contributed by atoms with Crippen LogP contribution >= 0.6 is 0 Å². The normalized spacial score (nSPS) is 18.6. The summed E-state index contributed by atoms with van der Waals surface area (Å²) in [7, 11) is 0. The Hall–Kier alpha value is -1.84. The molecule has 1 aliphatic rings. The lowest BCUT2D eigenvalue weighted by molar-refractivity contribution is -0.138. The lowest BCUT2D eigenvalue weighted by Gasteiger charge is -2.17. The molecule has 1 atom stereocenters. The molecule has 0 aromatic heterocycles. The number of nitrogens with zero attached hydrogens (tertiary/aromatic N) is 1. The van der Waals surface area contributed by atoms with Gasteiger partial charge in [0.05, 0.1) is 0 Å². The number of rotatable bonds is 3. The molecule has 1 fully saturated rings. The standard InChI is InChI=1S/C15H19NO3/c1-10-3-4-13(7-11(10)2)15(19)16-6-5-12(9-16)8-14(17)18/h3-4,7,12H,5-6,8-9H2,1-2H3,(H,17,18). The number of carboxylic acids is 1. The molecule has 1 heterocycles. The number of carboxylic acid groups (broad SMARTS) is 1. The first-order valence-electron chi connectivity index (χ1n) is 6.55. The van der Waals surface area contributed by atoms with Crippen LogP contribution in [0.15, 0.2) is 18.2 Å². The summed E-state index contributed by atoms with van der Waals surface area (Å²) in [5.41, 5.74) is 2.97. The van der Waals surface area contributed by atoms with Gasteiger partial charge in [-0.1, -0.05) is 6.07 Å². The summed E-state index contributed by atoms with van der Waals surface area (Å²) in [6.45, 7) is 5.22. The Morgan fingerprint density at radius 3 is 2.68 bits per heavy atom. The molecule has 1 aliphatic heterocycles. The lowest BCUT2D eigenvalue weighted by atomic mass is 10.0. The maximum absolute atomic E-state index is 12.3. The largest absolute Gasteiger partial charge is 0.481 e. The van der Waals surface area contributed by atoms with Crippen LogP contribution in [-0.4, -0.2) is 35.0 Å². The summed E-state index contributed by atoms with van der Waals surface area (Å²) in [5, 5.41) is 8.78. The predicted octanol–water partition coefficient (Wildman–Crippen LogP) is 2.24. The van der Waals surface area contributed by atoms with Gasteiger partial charge in [-0.05, 0) is 49.4 Å². The van der Waals surface area contributed by atoms with E-state index in [0.29, 0.717) is 18.7 Å². The highest BCUT2D eigenvalue weighted by atomic mass is 16.4. The molecular formula is C15H19NO3. The van der Waals surface area contributed by atoms with Gasteiger partial charge in [-0.15, -0.1) is 0 Å². The third kappa shape index (κ3) is 3.13. The van der Waals surface area contributed by atoms with E-state index in [0.717, 1.165) is 12.0 Å². The van der Waals surface area contributed by atoms with Crippen LogP contribution in [0, 0.1) is 19.8 Å². The van der Waals surface area contributed by atoms with Crippen LogP contribution in [0.25, 0.3) is 0 Å². The molecule has 19 heavy (non-hydrogen) atoms. The van der Waals surface area contributed by atoms with E-state index in [9.17, 15) is 9.59 Å². The van der Waals surface area contributed by atoms with Crippen LogP contribution in [-0.2, 0) is 4.79 Å². The Bertz CT molecular complexity index is 510. The van der Waals surface area contributed by atoms with E-state index in [1.165, 1.54) is 5.56 Å². The van der Waals surface area contributed by atoms with E-state index in [4.69, 9.17) is 5.11 Å². The van der Waals surface area contributed by atoms with Crippen molar-refractivity contribution >= 4 is 11.9 Å². The molecule has 1 aromatic rings. The fraction of sp³-hybridized carbons (Fsp3) is 0.467. The summed E-state index contributed by atoms with van der Waals surface area (Å²) in [5.74, 6) is -0.686. The molecule has 0 radical (unpaired) electrons. The number of benzene rings is 1. The zero-order valence-corrected chi connectivity index (χ0v) is 11.3. The monoisotopic (exact) mass is 261 g/mol. The highest BCUT2D eigenvalue weighted by Crippen LogP contribution is 2.22. The van der Waals surface area contributed by atoms with Crippen LogP contribution in [0.1, 0.15) is 34.3 Å². The average molecular weight is 261 g/mol. The second-order valence-electron chi connectivity index (χ2n) is 5.30. The molecule has 1 aromatic carbocycles. The van der Waals surface area contributed by atoms with Gasteiger partial charge in [0.1, 0.15) is 0 Å². The van der Waals surface area contributed by atoms with E-state index in [1.54, 1.807) is 4.90 Å². The predicted molar refractivity (Wildman–Crippen MR) is 72.2 cm³/mol. The Balaban J connectivity index is 2.04. The summed E-state index contributed by atoms with van der Waals surface area (Å²) in [4.78, 5) is 24.8. The van der Waals surface area contributed by atoms with Gasteiger partial charge < -0.3 is 10.0 Å².